The van der Waals surface area contributed by atoms with Gasteiger partial charge in [0.2, 0.25) is 0 Å². The molecule has 0 amide bonds. The van der Waals surface area contributed by atoms with Crippen molar-refractivity contribution in [1.29, 1.82) is 0 Å². The Hall–Kier alpha value is -0.610. The quantitative estimate of drug-likeness (QED) is 0.810. The maximum atomic E-state index is 4.32. The van der Waals surface area contributed by atoms with Crippen LogP contribution in [0.4, 0.5) is 5.13 Å². The molecule has 0 saturated carbocycles. The number of rotatable bonds is 5. The molecule has 0 atom stereocenters. The van der Waals surface area contributed by atoms with E-state index in [0.717, 1.165) is 18.2 Å². The highest BCUT2D eigenvalue weighted by Crippen LogP contribution is 2.19. The average Bonchev–Trinajstić information content (AvgIpc) is 2.52. The molecule has 4 heteroatoms. The van der Waals surface area contributed by atoms with Crippen molar-refractivity contribution >= 4 is 16.5 Å². The van der Waals surface area contributed by atoms with E-state index in [0.29, 0.717) is 5.92 Å². The lowest BCUT2D eigenvalue weighted by atomic mass is 10.2. The Morgan fingerprint density at radius 2 is 2.21 bits per heavy atom. The molecule has 0 radical (unpaired) electrons. The first-order valence-electron chi connectivity index (χ1n) is 4.92. The van der Waals surface area contributed by atoms with Crippen molar-refractivity contribution in [2.75, 3.05) is 25.5 Å². The fourth-order valence-electron chi connectivity index (χ4n) is 1.07. The van der Waals surface area contributed by atoms with E-state index in [2.05, 4.69) is 24.1 Å². The number of nitrogens with zero attached hydrogens (tertiary/aromatic N) is 2. The second kappa shape index (κ2) is 5.32. The minimum absolute atomic E-state index is 0.705. The van der Waals surface area contributed by atoms with Crippen molar-refractivity contribution in [3.63, 3.8) is 0 Å². The standard InChI is InChI=1S/C10H19N3S/c1-8(2)5-11-6-9-7-12-10(14-9)13(3)4/h7-8,11H,5-6H2,1-4H3. The topological polar surface area (TPSA) is 28.2 Å². The molecule has 80 valence electrons. The molecule has 0 fully saturated rings. The highest BCUT2D eigenvalue weighted by atomic mass is 32.1. The Kier molecular flexibility index (Phi) is 4.35. The third-order valence-corrected chi connectivity index (χ3v) is 2.94. The van der Waals surface area contributed by atoms with E-state index in [1.165, 1.54) is 4.88 Å². The van der Waals surface area contributed by atoms with E-state index in [1.807, 2.05) is 25.2 Å². The molecule has 0 aliphatic carbocycles. The van der Waals surface area contributed by atoms with Gasteiger partial charge in [-0.05, 0) is 12.5 Å². The molecule has 0 aliphatic heterocycles. The Balaban J connectivity index is 2.36. The Bertz CT molecular complexity index is 268. The minimum atomic E-state index is 0.705. The second-order valence-electron chi connectivity index (χ2n) is 4.03. The Morgan fingerprint density at radius 1 is 1.50 bits per heavy atom. The minimum Gasteiger partial charge on any atom is -0.354 e. The van der Waals surface area contributed by atoms with Gasteiger partial charge in [0.25, 0.3) is 0 Å². The van der Waals surface area contributed by atoms with Crippen LogP contribution in [0.25, 0.3) is 0 Å². The fourth-order valence-corrected chi connectivity index (χ4v) is 1.87. The molecule has 0 aliphatic rings. The Morgan fingerprint density at radius 3 is 2.71 bits per heavy atom. The normalized spacial score (nSPS) is 10.9. The first-order valence-corrected chi connectivity index (χ1v) is 5.74. The highest BCUT2D eigenvalue weighted by molar-refractivity contribution is 7.15. The van der Waals surface area contributed by atoms with Crippen LogP contribution in [0.15, 0.2) is 6.20 Å². The van der Waals surface area contributed by atoms with Crippen LogP contribution in [0.1, 0.15) is 18.7 Å². The maximum absolute atomic E-state index is 4.32. The molecule has 1 heterocycles. The molecular formula is C10H19N3S. The van der Waals surface area contributed by atoms with E-state index in [9.17, 15) is 0 Å². The predicted octanol–water partition coefficient (Wildman–Crippen LogP) is 1.95. The molecule has 0 bridgehead atoms. The van der Waals surface area contributed by atoms with Crippen LogP contribution >= 0.6 is 11.3 Å². The summed E-state index contributed by atoms with van der Waals surface area (Å²) >= 11 is 1.74. The lowest BCUT2D eigenvalue weighted by Crippen LogP contribution is -2.18. The van der Waals surface area contributed by atoms with Crippen molar-refractivity contribution in [2.45, 2.75) is 20.4 Å². The van der Waals surface area contributed by atoms with Gasteiger partial charge in [-0.2, -0.15) is 0 Å². The van der Waals surface area contributed by atoms with Crippen LogP contribution in [0.3, 0.4) is 0 Å². The van der Waals surface area contributed by atoms with Gasteiger partial charge in [-0.25, -0.2) is 4.98 Å². The van der Waals surface area contributed by atoms with Crippen LogP contribution < -0.4 is 10.2 Å². The third kappa shape index (κ3) is 3.64. The van der Waals surface area contributed by atoms with Crippen molar-refractivity contribution in [3.05, 3.63) is 11.1 Å². The smallest absolute Gasteiger partial charge is 0.185 e. The summed E-state index contributed by atoms with van der Waals surface area (Å²) in [6.07, 6.45) is 1.95. The van der Waals surface area contributed by atoms with Crippen molar-refractivity contribution < 1.29 is 0 Å². The van der Waals surface area contributed by atoms with E-state index < -0.39 is 0 Å². The summed E-state index contributed by atoms with van der Waals surface area (Å²) in [4.78, 5) is 7.66. The largest absolute Gasteiger partial charge is 0.354 e. The number of thiazole rings is 1. The third-order valence-electron chi connectivity index (χ3n) is 1.78. The summed E-state index contributed by atoms with van der Waals surface area (Å²) in [6.45, 7) is 6.43. The summed E-state index contributed by atoms with van der Waals surface area (Å²) in [7, 11) is 4.04. The van der Waals surface area contributed by atoms with E-state index in [1.54, 1.807) is 11.3 Å². The zero-order valence-corrected chi connectivity index (χ0v) is 10.2. The molecule has 0 unspecified atom stereocenters. The first-order chi connectivity index (χ1) is 6.59. The lowest BCUT2D eigenvalue weighted by molar-refractivity contribution is 0.554. The number of anilines is 1. The number of hydrogen-bond donors (Lipinski definition) is 1. The van der Waals surface area contributed by atoms with Gasteiger partial charge in [0.1, 0.15) is 0 Å². The molecule has 0 saturated heterocycles. The number of hydrogen-bond acceptors (Lipinski definition) is 4. The summed E-state index contributed by atoms with van der Waals surface area (Å²) in [6, 6.07) is 0. The second-order valence-corrected chi connectivity index (χ2v) is 5.12. The summed E-state index contributed by atoms with van der Waals surface area (Å²) < 4.78 is 0. The maximum Gasteiger partial charge on any atom is 0.185 e. The summed E-state index contributed by atoms with van der Waals surface area (Å²) in [5.74, 6) is 0.705. The molecule has 1 rings (SSSR count). The predicted molar refractivity (Wildman–Crippen MR) is 63.0 cm³/mol. The summed E-state index contributed by atoms with van der Waals surface area (Å²) in [5.41, 5.74) is 0. The molecular weight excluding hydrogens is 194 g/mol. The van der Waals surface area contributed by atoms with Crippen LogP contribution in [0.5, 0.6) is 0 Å². The first kappa shape index (κ1) is 11.5. The molecule has 0 spiro atoms. The van der Waals surface area contributed by atoms with Gasteiger partial charge in [-0.15, -0.1) is 11.3 Å². The zero-order valence-electron chi connectivity index (χ0n) is 9.37. The Labute approximate surface area is 90.2 Å². The lowest BCUT2D eigenvalue weighted by Gasteiger charge is -2.06. The van der Waals surface area contributed by atoms with Crippen LogP contribution in [-0.2, 0) is 6.54 Å². The van der Waals surface area contributed by atoms with Gasteiger partial charge >= 0.3 is 0 Å². The van der Waals surface area contributed by atoms with Gasteiger partial charge in [0.15, 0.2) is 5.13 Å². The molecule has 3 nitrogen and oxygen atoms in total. The molecule has 14 heavy (non-hydrogen) atoms. The van der Waals surface area contributed by atoms with Crippen LogP contribution in [-0.4, -0.2) is 25.6 Å². The van der Waals surface area contributed by atoms with Gasteiger partial charge < -0.3 is 10.2 Å². The SMILES string of the molecule is CC(C)CNCc1cnc(N(C)C)s1. The van der Waals surface area contributed by atoms with Crippen molar-refractivity contribution in [2.24, 2.45) is 5.92 Å². The highest BCUT2D eigenvalue weighted by Gasteiger charge is 2.02. The number of nitrogens with one attached hydrogen (secondary N) is 1. The van der Waals surface area contributed by atoms with E-state index >= 15 is 0 Å². The molecule has 1 aromatic rings. The van der Waals surface area contributed by atoms with E-state index in [4.69, 9.17) is 0 Å². The fraction of sp³-hybridized carbons (Fsp3) is 0.700. The van der Waals surface area contributed by atoms with Crippen LogP contribution in [0.2, 0.25) is 0 Å². The van der Waals surface area contributed by atoms with Crippen molar-refractivity contribution in [1.82, 2.24) is 10.3 Å². The monoisotopic (exact) mass is 213 g/mol. The van der Waals surface area contributed by atoms with Gasteiger partial charge in [-0.3, -0.25) is 0 Å². The van der Waals surface area contributed by atoms with Gasteiger partial charge in [-0.1, -0.05) is 13.8 Å². The molecule has 1 N–H and O–H groups in total. The molecule has 0 aromatic carbocycles. The van der Waals surface area contributed by atoms with Gasteiger partial charge in [0, 0.05) is 31.7 Å². The van der Waals surface area contributed by atoms with E-state index in [-0.39, 0.29) is 0 Å². The van der Waals surface area contributed by atoms with Gasteiger partial charge in [0.05, 0.1) is 0 Å². The number of aromatic nitrogens is 1. The summed E-state index contributed by atoms with van der Waals surface area (Å²) in [5, 5.41) is 4.48. The molecule has 1 aromatic heterocycles. The van der Waals surface area contributed by atoms with Crippen LogP contribution in [0, 0.1) is 5.92 Å². The average molecular weight is 213 g/mol. The van der Waals surface area contributed by atoms with Crippen molar-refractivity contribution in [3.8, 4) is 0 Å². The zero-order chi connectivity index (χ0) is 10.6.